The van der Waals surface area contributed by atoms with Gasteiger partial charge in [0.05, 0.1) is 12.3 Å². The molecule has 2 amide bonds. The lowest BCUT2D eigenvalue weighted by Crippen LogP contribution is -2.50. The fraction of sp³-hybridized carbons (Fsp3) is 0.273. The lowest BCUT2D eigenvalue weighted by Gasteiger charge is -2.38. The first-order valence-electron chi connectivity index (χ1n) is 9.12. The Kier molecular flexibility index (Phi) is 6.26. The first kappa shape index (κ1) is 18.7. The predicted molar refractivity (Wildman–Crippen MR) is 106 cm³/mol. The van der Waals surface area contributed by atoms with E-state index in [-0.39, 0.29) is 17.7 Å². The average Bonchev–Trinajstić information content (AvgIpc) is 2.66. The minimum atomic E-state index is -0.0798. The second kappa shape index (κ2) is 9.03. The van der Waals surface area contributed by atoms with Gasteiger partial charge in [-0.3, -0.25) is 9.59 Å². The fourth-order valence-corrected chi connectivity index (χ4v) is 3.09. The molecule has 1 aliphatic rings. The van der Waals surface area contributed by atoms with Gasteiger partial charge in [0.15, 0.2) is 0 Å². The maximum atomic E-state index is 12.3. The van der Waals surface area contributed by atoms with E-state index in [0.717, 1.165) is 6.42 Å². The lowest BCUT2D eigenvalue weighted by molar-refractivity contribution is -0.134. The van der Waals surface area contributed by atoms with Crippen molar-refractivity contribution in [3.05, 3.63) is 72.8 Å². The van der Waals surface area contributed by atoms with Crippen LogP contribution < -0.4 is 10.1 Å². The molecule has 0 aromatic heterocycles. The van der Waals surface area contributed by atoms with Crippen molar-refractivity contribution in [2.75, 3.05) is 25.0 Å². The molecule has 5 nitrogen and oxygen atoms in total. The van der Waals surface area contributed by atoms with Gasteiger partial charge in [0, 0.05) is 31.8 Å². The third kappa shape index (κ3) is 5.20. The van der Waals surface area contributed by atoms with Crippen molar-refractivity contribution in [2.45, 2.75) is 12.8 Å². The van der Waals surface area contributed by atoms with Gasteiger partial charge in [0.1, 0.15) is 5.75 Å². The van der Waals surface area contributed by atoms with E-state index in [0.29, 0.717) is 37.6 Å². The van der Waals surface area contributed by atoms with Crippen molar-refractivity contribution in [1.29, 1.82) is 0 Å². The van der Waals surface area contributed by atoms with Crippen LogP contribution in [0.2, 0.25) is 0 Å². The summed E-state index contributed by atoms with van der Waals surface area (Å²) in [6.07, 6.45) is 2.50. The number of benzene rings is 2. The molecule has 2 aromatic carbocycles. The third-order valence-electron chi connectivity index (χ3n) is 4.57. The molecule has 1 aliphatic heterocycles. The molecule has 2 aromatic rings. The second-order valence-corrected chi connectivity index (χ2v) is 6.65. The number of amides is 2. The molecule has 1 heterocycles. The van der Waals surface area contributed by atoms with Crippen LogP contribution in [0.4, 0.5) is 5.69 Å². The molecule has 0 bridgehead atoms. The summed E-state index contributed by atoms with van der Waals surface area (Å²) in [4.78, 5) is 25.5. The number of nitrogens with one attached hydrogen (secondary N) is 1. The Morgan fingerprint density at radius 3 is 2.56 bits per heavy atom. The third-order valence-corrected chi connectivity index (χ3v) is 4.57. The summed E-state index contributed by atoms with van der Waals surface area (Å²) < 4.78 is 5.87. The van der Waals surface area contributed by atoms with E-state index in [4.69, 9.17) is 4.74 Å². The van der Waals surface area contributed by atoms with Crippen LogP contribution in [0.1, 0.15) is 12.0 Å². The Hall–Kier alpha value is -3.08. The monoisotopic (exact) mass is 364 g/mol. The molecule has 3 rings (SSSR count). The van der Waals surface area contributed by atoms with Crippen LogP contribution >= 0.6 is 0 Å². The van der Waals surface area contributed by atoms with E-state index in [1.54, 1.807) is 4.90 Å². The van der Waals surface area contributed by atoms with Crippen LogP contribution in [0.5, 0.6) is 5.75 Å². The molecule has 0 aliphatic carbocycles. The van der Waals surface area contributed by atoms with Crippen LogP contribution in [0.15, 0.2) is 67.3 Å². The zero-order valence-electron chi connectivity index (χ0n) is 15.3. The van der Waals surface area contributed by atoms with Crippen molar-refractivity contribution >= 4 is 17.5 Å². The minimum absolute atomic E-state index is 0.0650. The first-order valence-corrected chi connectivity index (χ1v) is 9.12. The quantitative estimate of drug-likeness (QED) is 0.732. The van der Waals surface area contributed by atoms with E-state index in [1.807, 2.05) is 42.5 Å². The molecule has 1 fully saturated rings. The second-order valence-electron chi connectivity index (χ2n) is 6.65. The van der Waals surface area contributed by atoms with Gasteiger partial charge in [-0.15, -0.1) is 0 Å². The zero-order valence-corrected chi connectivity index (χ0v) is 15.3. The van der Waals surface area contributed by atoms with Crippen LogP contribution in [0.25, 0.3) is 0 Å². The van der Waals surface area contributed by atoms with Crippen molar-refractivity contribution in [1.82, 2.24) is 4.90 Å². The normalized spacial score (nSPS) is 13.6. The van der Waals surface area contributed by atoms with E-state index >= 15 is 0 Å². The van der Waals surface area contributed by atoms with Crippen LogP contribution in [0, 0.1) is 5.92 Å². The Balaban J connectivity index is 1.48. The summed E-state index contributed by atoms with van der Waals surface area (Å²) in [6.45, 7) is 5.22. The predicted octanol–water partition coefficient (Wildman–Crippen LogP) is 3.28. The molecule has 140 valence electrons. The van der Waals surface area contributed by atoms with Crippen LogP contribution in [-0.4, -0.2) is 36.4 Å². The Morgan fingerprint density at radius 1 is 1.11 bits per heavy atom. The van der Waals surface area contributed by atoms with Gasteiger partial charge in [0.25, 0.3) is 0 Å². The van der Waals surface area contributed by atoms with Gasteiger partial charge in [-0.05, 0) is 23.8 Å². The van der Waals surface area contributed by atoms with Gasteiger partial charge in [-0.1, -0.05) is 49.0 Å². The van der Waals surface area contributed by atoms with Crippen molar-refractivity contribution in [3.63, 3.8) is 0 Å². The topological polar surface area (TPSA) is 58.6 Å². The smallest absolute Gasteiger partial charge is 0.245 e. The van der Waals surface area contributed by atoms with Gasteiger partial charge in [-0.25, -0.2) is 0 Å². The molecule has 0 radical (unpaired) electrons. The highest BCUT2D eigenvalue weighted by Crippen LogP contribution is 2.26. The Bertz CT molecular complexity index is 798. The Labute approximate surface area is 159 Å². The summed E-state index contributed by atoms with van der Waals surface area (Å²) in [7, 11) is 0. The molecular formula is C22H24N2O3. The maximum Gasteiger partial charge on any atom is 0.245 e. The summed E-state index contributed by atoms with van der Waals surface area (Å²) >= 11 is 0. The molecule has 5 heteroatoms. The highest BCUT2D eigenvalue weighted by molar-refractivity contribution is 5.93. The van der Waals surface area contributed by atoms with Crippen LogP contribution in [-0.2, 0) is 16.0 Å². The van der Waals surface area contributed by atoms with E-state index in [9.17, 15) is 9.59 Å². The standard InChI is InChI=1S/C22H24N2O3/c1-2-22(26)24-15-18(16-24)14-21(25)23-19-10-6-7-11-20(19)27-13-12-17-8-4-3-5-9-17/h2-11,18H,1,12-16H2,(H,23,25). The fourth-order valence-electron chi connectivity index (χ4n) is 3.09. The van der Waals surface area contributed by atoms with Gasteiger partial charge < -0.3 is 15.0 Å². The zero-order chi connectivity index (χ0) is 19.1. The molecular weight excluding hydrogens is 340 g/mol. The summed E-state index contributed by atoms with van der Waals surface area (Å²) in [6, 6.07) is 17.6. The number of nitrogens with zero attached hydrogens (tertiary/aromatic N) is 1. The Morgan fingerprint density at radius 2 is 1.81 bits per heavy atom. The van der Waals surface area contributed by atoms with E-state index in [1.165, 1.54) is 11.6 Å². The van der Waals surface area contributed by atoms with Gasteiger partial charge in [0.2, 0.25) is 11.8 Å². The number of anilines is 1. The molecule has 1 N–H and O–H groups in total. The number of likely N-dealkylation sites (tertiary alicyclic amines) is 1. The number of rotatable bonds is 8. The maximum absolute atomic E-state index is 12.3. The lowest BCUT2D eigenvalue weighted by atomic mass is 9.96. The number of hydrogen-bond donors (Lipinski definition) is 1. The molecule has 1 saturated heterocycles. The molecule has 0 spiro atoms. The average molecular weight is 364 g/mol. The van der Waals surface area contributed by atoms with Crippen molar-refractivity contribution < 1.29 is 14.3 Å². The highest BCUT2D eigenvalue weighted by Gasteiger charge is 2.30. The first-order chi connectivity index (χ1) is 13.2. The summed E-state index contributed by atoms with van der Waals surface area (Å²) in [5.41, 5.74) is 1.89. The van der Waals surface area contributed by atoms with Crippen molar-refractivity contribution in [2.24, 2.45) is 5.92 Å². The van der Waals surface area contributed by atoms with Gasteiger partial charge in [-0.2, -0.15) is 0 Å². The molecule has 0 atom stereocenters. The van der Waals surface area contributed by atoms with Gasteiger partial charge >= 0.3 is 0 Å². The van der Waals surface area contributed by atoms with Crippen molar-refractivity contribution in [3.8, 4) is 5.75 Å². The number of para-hydroxylation sites is 2. The molecule has 0 unspecified atom stereocenters. The van der Waals surface area contributed by atoms with Crippen LogP contribution in [0.3, 0.4) is 0 Å². The number of ether oxygens (including phenoxy) is 1. The van der Waals surface area contributed by atoms with E-state index in [2.05, 4.69) is 24.0 Å². The number of hydrogen-bond acceptors (Lipinski definition) is 3. The number of carbonyl (C=O) groups excluding carboxylic acids is 2. The summed E-state index contributed by atoms with van der Waals surface area (Å²) in [5.74, 6) is 0.715. The molecule has 27 heavy (non-hydrogen) atoms. The largest absolute Gasteiger partial charge is 0.491 e. The highest BCUT2D eigenvalue weighted by atomic mass is 16.5. The molecule has 0 saturated carbocycles. The minimum Gasteiger partial charge on any atom is -0.491 e. The van der Waals surface area contributed by atoms with E-state index < -0.39 is 0 Å². The summed E-state index contributed by atoms with van der Waals surface area (Å²) in [5, 5.41) is 2.93. The SMILES string of the molecule is C=CC(=O)N1CC(CC(=O)Nc2ccccc2OCCc2ccccc2)C1. The number of carbonyl (C=O) groups is 2.